The van der Waals surface area contributed by atoms with E-state index in [-0.39, 0.29) is 17.8 Å². The van der Waals surface area contributed by atoms with Crippen LogP contribution in [0.1, 0.15) is 13.8 Å². The lowest BCUT2D eigenvalue weighted by molar-refractivity contribution is -0.143. The SMILES string of the molecule is C=C(C)C(=O)O.C=C(C)C(=O)OC1CO1. The summed E-state index contributed by atoms with van der Waals surface area (Å²) < 4.78 is 9.31. The second-order valence-corrected chi connectivity index (χ2v) is 3.03. The van der Waals surface area contributed by atoms with Crippen LogP contribution < -0.4 is 0 Å². The molecule has 5 heteroatoms. The fraction of sp³-hybridized carbons (Fsp3) is 0.400. The zero-order valence-electron chi connectivity index (χ0n) is 8.78. The summed E-state index contributed by atoms with van der Waals surface area (Å²) in [5, 5.41) is 7.89. The Balaban J connectivity index is 0.000000288. The molecule has 0 aromatic heterocycles. The highest BCUT2D eigenvalue weighted by Crippen LogP contribution is 2.11. The fourth-order valence-corrected chi connectivity index (χ4v) is 0.327. The Kier molecular flexibility index (Phi) is 5.33. The van der Waals surface area contributed by atoms with Crippen molar-refractivity contribution in [2.75, 3.05) is 6.61 Å². The van der Waals surface area contributed by atoms with E-state index >= 15 is 0 Å². The zero-order chi connectivity index (χ0) is 12.0. The summed E-state index contributed by atoms with van der Waals surface area (Å²) in [5.74, 6) is -1.31. The number of hydrogen-bond acceptors (Lipinski definition) is 4. The lowest BCUT2D eigenvalue weighted by atomic mass is 10.4. The van der Waals surface area contributed by atoms with Crippen molar-refractivity contribution in [2.24, 2.45) is 0 Å². The van der Waals surface area contributed by atoms with Crippen LogP contribution in [0, 0.1) is 0 Å². The third-order valence-corrected chi connectivity index (χ3v) is 1.25. The van der Waals surface area contributed by atoms with Gasteiger partial charge in [0.05, 0.1) is 0 Å². The molecule has 0 radical (unpaired) electrons. The van der Waals surface area contributed by atoms with Crippen LogP contribution in [0.25, 0.3) is 0 Å². The van der Waals surface area contributed by atoms with Gasteiger partial charge in [0.25, 0.3) is 0 Å². The summed E-state index contributed by atoms with van der Waals surface area (Å²) in [6, 6.07) is 0. The van der Waals surface area contributed by atoms with Crippen molar-refractivity contribution in [3.05, 3.63) is 24.3 Å². The van der Waals surface area contributed by atoms with E-state index in [1.807, 2.05) is 0 Å². The van der Waals surface area contributed by atoms with Crippen molar-refractivity contribution in [2.45, 2.75) is 20.1 Å². The first-order chi connectivity index (χ1) is 6.84. The minimum atomic E-state index is -0.935. The molecule has 1 rings (SSSR count). The number of carbonyl (C=O) groups excluding carboxylic acids is 1. The molecule has 1 unspecified atom stereocenters. The quantitative estimate of drug-likeness (QED) is 0.432. The molecule has 1 N–H and O–H groups in total. The van der Waals surface area contributed by atoms with Gasteiger partial charge >= 0.3 is 11.9 Å². The van der Waals surface area contributed by atoms with Gasteiger partial charge in [-0.15, -0.1) is 0 Å². The minimum absolute atomic E-state index is 0.176. The topological polar surface area (TPSA) is 76.1 Å². The summed E-state index contributed by atoms with van der Waals surface area (Å²) in [6.45, 7) is 10.1. The van der Waals surface area contributed by atoms with Gasteiger partial charge in [0.15, 0.2) is 0 Å². The van der Waals surface area contributed by atoms with E-state index in [9.17, 15) is 9.59 Å². The monoisotopic (exact) mass is 214 g/mol. The summed E-state index contributed by atoms with van der Waals surface area (Å²) >= 11 is 0. The van der Waals surface area contributed by atoms with Gasteiger partial charge in [-0.05, 0) is 13.8 Å². The molecule has 84 valence electrons. The van der Waals surface area contributed by atoms with Gasteiger partial charge in [0.2, 0.25) is 6.29 Å². The molecule has 1 heterocycles. The van der Waals surface area contributed by atoms with Gasteiger partial charge in [0, 0.05) is 11.1 Å². The molecule has 0 aliphatic carbocycles. The number of rotatable bonds is 3. The Morgan fingerprint density at radius 3 is 1.93 bits per heavy atom. The van der Waals surface area contributed by atoms with Gasteiger partial charge in [-0.2, -0.15) is 0 Å². The number of carbonyl (C=O) groups is 2. The van der Waals surface area contributed by atoms with Crippen LogP contribution in [-0.4, -0.2) is 29.9 Å². The Hall–Kier alpha value is -1.62. The van der Waals surface area contributed by atoms with Crippen molar-refractivity contribution >= 4 is 11.9 Å². The van der Waals surface area contributed by atoms with Crippen LogP contribution in [-0.2, 0) is 19.1 Å². The molecule has 5 nitrogen and oxygen atoms in total. The maximum Gasteiger partial charge on any atom is 0.335 e. The van der Waals surface area contributed by atoms with Crippen molar-refractivity contribution in [3.8, 4) is 0 Å². The first kappa shape index (κ1) is 13.4. The molecule has 0 saturated carbocycles. The average Bonchev–Trinajstić information content (AvgIpc) is 2.88. The van der Waals surface area contributed by atoms with E-state index in [0.29, 0.717) is 12.2 Å². The molecule has 0 aromatic rings. The van der Waals surface area contributed by atoms with Crippen LogP contribution in [0.5, 0.6) is 0 Å². The average molecular weight is 214 g/mol. The summed E-state index contributed by atoms with van der Waals surface area (Å²) in [6.07, 6.45) is -0.297. The van der Waals surface area contributed by atoms with E-state index < -0.39 is 5.97 Å². The Morgan fingerprint density at radius 1 is 1.33 bits per heavy atom. The lowest BCUT2D eigenvalue weighted by Gasteiger charge is -1.96. The van der Waals surface area contributed by atoms with Crippen LogP contribution in [0.2, 0.25) is 0 Å². The Morgan fingerprint density at radius 2 is 1.73 bits per heavy atom. The number of ether oxygens (including phenoxy) is 2. The molecular weight excluding hydrogens is 200 g/mol. The summed E-state index contributed by atoms with van der Waals surface area (Å²) in [7, 11) is 0. The van der Waals surface area contributed by atoms with E-state index in [0.717, 1.165) is 0 Å². The molecule has 15 heavy (non-hydrogen) atoms. The van der Waals surface area contributed by atoms with Crippen LogP contribution >= 0.6 is 0 Å². The standard InChI is InChI=1S/C6H8O3.C4H6O2/c1-4(2)6(7)9-5-3-8-5;1-3(2)4(5)6/h5H,1,3H2,2H3;1H2,2H3,(H,5,6). The third kappa shape index (κ3) is 7.45. The second-order valence-electron chi connectivity index (χ2n) is 3.03. The highest BCUT2D eigenvalue weighted by molar-refractivity contribution is 5.87. The second kappa shape index (κ2) is 5.98. The molecule has 0 aromatic carbocycles. The molecule has 0 spiro atoms. The van der Waals surface area contributed by atoms with Gasteiger partial charge < -0.3 is 14.6 Å². The van der Waals surface area contributed by atoms with Crippen molar-refractivity contribution in [1.82, 2.24) is 0 Å². The minimum Gasteiger partial charge on any atom is -0.478 e. The van der Waals surface area contributed by atoms with Crippen molar-refractivity contribution in [3.63, 3.8) is 0 Å². The molecule has 1 aliphatic heterocycles. The number of carboxylic acids is 1. The van der Waals surface area contributed by atoms with Crippen LogP contribution in [0.4, 0.5) is 0 Å². The largest absolute Gasteiger partial charge is 0.478 e. The molecule has 0 amide bonds. The highest BCUT2D eigenvalue weighted by Gasteiger charge is 2.27. The molecule has 1 aliphatic rings. The number of carboxylic acid groups (broad SMARTS) is 1. The molecule has 1 saturated heterocycles. The van der Waals surface area contributed by atoms with E-state index in [4.69, 9.17) is 5.11 Å². The maximum atomic E-state index is 10.6. The predicted molar refractivity (Wildman–Crippen MR) is 53.1 cm³/mol. The van der Waals surface area contributed by atoms with Crippen LogP contribution in [0.3, 0.4) is 0 Å². The molecule has 0 bridgehead atoms. The predicted octanol–water partition coefficient (Wildman–Crippen LogP) is 1.11. The molecular formula is C10H14O5. The van der Waals surface area contributed by atoms with Crippen LogP contribution in [0.15, 0.2) is 24.3 Å². The number of aliphatic carboxylic acids is 1. The molecule has 1 fully saturated rings. The van der Waals surface area contributed by atoms with Gasteiger partial charge in [0.1, 0.15) is 6.61 Å². The molecule has 1 atom stereocenters. The van der Waals surface area contributed by atoms with Gasteiger partial charge in [-0.25, -0.2) is 9.59 Å². The summed E-state index contributed by atoms with van der Waals surface area (Å²) in [5.41, 5.74) is 0.584. The lowest BCUT2D eigenvalue weighted by Crippen LogP contribution is -2.06. The number of hydrogen-bond donors (Lipinski definition) is 1. The van der Waals surface area contributed by atoms with E-state index in [1.165, 1.54) is 6.92 Å². The normalized spacial score (nSPS) is 16.8. The first-order valence-electron chi connectivity index (χ1n) is 4.21. The van der Waals surface area contributed by atoms with Gasteiger partial charge in [-0.1, -0.05) is 13.2 Å². The van der Waals surface area contributed by atoms with E-state index in [1.54, 1.807) is 6.92 Å². The van der Waals surface area contributed by atoms with Crippen molar-refractivity contribution in [1.29, 1.82) is 0 Å². The van der Waals surface area contributed by atoms with Gasteiger partial charge in [-0.3, -0.25) is 0 Å². The Bertz CT molecular complexity index is 276. The first-order valence-corrected chi connectivity index (χ1v) is 4.21. The third-order valence-electron chi connectivity index (χ3n) is 1.25. The van der Waals surface area contributed by atoms with E-state index in [2.05, 4.69) is 22.6 Å². The summed E-state index contributed by atoms with van der Waals surface area (Å²) in [4.78, 5) is 20.2. The fourth-order valence-electron chi connectivity index (χ4n) is 0.327. The smallest absolute Gasteiger partial charge is 0.335 e. The number of esters is 1. The highest BCUT2D eigenvalue weighted by atomic mass is 16.8. The zero-order valence-corrected chi connectivity index (χ0v) is 8.78. The Labute approximate surface area is 88.0 Å². The number of epoxide rings is 1. The maximum absolute atomic E-state index is 10.6. The van der Waals surface area contributed by atoms with Crippen molar-refractivity contribution < 1.29 is 24.2 Å².